The Balaban J connectivity index is 2.53. The van der Waals surface area contributed by atoms with Gasteiger partial charge in [-0.3, -0.25) is 0 Å². The lowest BCUT2D eigenvalue weighted by Gasteiger charge is -2.25. The van der Waals surface area contributed by atoms with E-state index in [0.29, 0.717) is 0 Å². The summed E-state index contributed by atoms with van der Waals surface area (Å²) in [7, 11) is 0. The van der Waals surface area contributed by atoms with E-state index in [-0.39, 0.29) is 5.60 Å². The second-order valence-corrected chi connectivity index (χ2v) is 4.24. The Morgan fingerprint density at radius 1 is 1.62 bits per heavy atom. The van der Waals surface area contributed by atoms with Crippen molar-refractivity contribution in [2.75, 3.05) is 18.5 Å². The summed E-state index contributed by atoms with van der Waals surface area (Å²) < 4.78 is 7.62. The number of allylic oxidation sites excluding steroid dienone is 1. The van der Waals surface area contributed by atoms with Crippen LogP contribution < -0.4 is 5.32 Å². The number of ether oxygens (including phenoxy) is 1. The molecule has 0 spiro atoms. The Bertz CT molecular complexity index is 331. The molecule has 0 saturated heterocycles. The summed E-state index contributed by atoms with van der Waals surface area (Å²) in [5.41, 5.74) is -0.181. The number of nitrogens with one attached hydrogen (secondary N) is 1. The molecule has 0 radical (unpaired) electrons. The van der Waals surface area contributed by atoms with Crippen LogP contribution in [-0.4, -0.2) is 28.3 Å². The largest absolute Gasteiger partial charge is 0.374 e. The smallest absolute Gasteiger partial charge is 0.203 e. The molecule has 0 aliphatic rings. The number of anilines is 1. The summed E-state index contributed by atoms with van der Waals surface area (Å²) >= 11 is 0. The molecule has 4 nitrogen and oxygen atoms in total. The van der Waals surface area contributed by atoms with E-state index in [1.165, 1.54) is 0 Å². The summed E-state index contributed by atoms with van der Waals surface area (Å²) in [5.74, 6) is 0.854. The van der Waals surface area contributed by atoms with Gasteiger partial charge in [-0.25, -0.2) is 4.98 Å². The third kappa shape index (κ3) is 3.70. The minimum atomic E-state index is -0.181. The average molecular weight is 223 g/mol. The van der Waals surface area contributed by atoms with Crippen LogP contribution in [0.1, 0.15) is 20.8 Å². The molecule has 4 heteroatoms. The Hall–Kier alpha value is -1.29. The molecule has 0 atom stereocenters. The molecule has 0 bridgehead atoms. The fourth-order valence-electron chi connectivity index (χ4n) is 1.50. The molecule has 0 aliphatic heterocycles. The van der Waals surface area contributed by atoms with Crippen LogP contribution in [0.25, 0.3) is 0 Å². The van der Waals surface area contributed by atoms with Gasteiger partial charge in [-0.15, -0.1) is 6.58 Å². The van der Waals surface area contributed by atoms with Crippen molar-refractivity contribution in [3.63, 3.8) is 0 Å². The molecule has 0 fully saturated rings. The van der Waals surface area contributed by atoms with Crippen LogP contribution in [0.4, 0.5) is 5.95 Å². The Labute approximate surface area is 97.3 Å². The molecule has 90 valence electrons. The van der Waals surface area contributed by atoms with Gasteiger partial charge >= 0.3 is 0 Å². The number of hydrogen-bond donors (Lipinski definition) is 1. The maximum Gasteiger partial charge on any atom is 0.203 e. The molecule has 16 heavy (non-hydrogen) atoms. The summed E-state index contributed by atoms with van der Waals surface area (Å²) in [6.45, 7) is 12.0. The van der Waals surface area contributed by atoms with Crippen molar-refractivity contribution < 1.29 is 4.74 Å². The van der Waals surface area contributed by atoms with Gasteiger partial charge in [0.15, 0.2) is 0 Å². The summed E-state index contributed by atoms with van der Waals surface area (Å²) in [6.07, 6.45) is 5.55. The van der Waals surface area contributed by atoms with Gasteiger partial charge in [0.1, 0.15) is 0 Å². The average Bonchev–Trinajstić information content (AvgIpc) is 2.63. The molecule has 1 N–H and O–H groups in total. The van der Waals surface area contributed by atoms with Crippen LogP contribution in [0.5, 0.6) is 0 Å². The first-order chi connectivity index (χ1) is 7.59. The zero-order chi connectivity index (χ0) is 12.0. The summed E-state index contributed by atoms with van der Waals surface area (Å²) in [4.78, 5) is 4.25. The van der Waals surface area contributed by atoms with E-state index >= 15 is 0 Å². The molecular weight excluding hydrogens is 202 g/mol. The minimum absolute atomic E-state index is 0.181. The molecule has 0 saturated carbocycles. The Morgan fingerprint density at radius 2 is 2.38 bits per heavy atom. The van der Waals surface area contributed by atoms with Crippen molar-refractivity contribution >= 4 is 5.95 Å². The van der Waals surface area contributed by atoms with E-state index in [4.69, 9.17) is 4.74 Å². The van der Waals surface area contributed by atoms with Crippen LogP contribution in [0.3, 0.4) is 0 Å². The SMILES string of the molecule is C=CCn1ccnc1NCC(C)(C)OCC. The van der Waals surface area contributed by atoms with Crippen LogP contribution in [0.15, 0.2) is 25.0 Å². The third-order valence-electron chi connectivity index (χ3n) is 2.25. The lowest BCUT2D eigenvalue weighted by Crippen LogP contribution is -2.34. The van der Waals surface area contributed by atoms with Crippen LogP contribution in [-0.2, 0) is 11.3 Å². The predicted octanol–water partition coefficient (Wildman–Crippen LogP) is 2.30. The molecule has 1 heterocycles. The zero-order valence-corrected chi connectivity index (χ0v) is 10.4. The van der Waals surface area contributed by atoms with Crippen molar-refractivity contribution in [1.29, 1.82) is 0 Å². The van der Waals surface area contributed by atoms with Crippen molar-refractivity contribution in [2.45, 2.75) is 32.9 Å². The van der Waals surface area contributed by atoms with Crippen LogP contribution >= 0.6 is 0 Å². The fraction of sp³-hybridized carbons (Fsp3) is 0.583. The highest BCUT2D eigenvalue weighted by molar-refractivity contribution is 5.26. The predicted molar refractivity (Wildman–Crippen MR) is 66.6 cm³/mol. The molecule has 0 amide bonds. The molecule has 1 rings (SSSR count). The van der Waals surface area contributed by atoms with Crippen LogP contribution in [0.2, 0.25) is 0 Å². The highest BCUT2D eigenvalue weighted by Crippen LogP contribution is 2.11. The summed E-state index contributed by atoms with van der Waals surface area (Å²) in [5, 5.41) is 3.28. The van der Waals surface area contributed by atoms with E-state index in [0.717, 1.165) is 25.6 Å². The number of imidazole rings is 1. The van der Waals surface area contributed by atoms with Gasteiger partial charge in [-0.05, 0) is 20.8 Å². The molecule has 1 aromatic heterocycles. The number of hydrogen-bond acceptors (Lipinski definition) is 3. The monoisotopic (exact) mass is 223 g/mol. The van der Waals surface area contributed by atoms with Crippen molar-refractivity contribution in [1.82, 2.24) is 9.55 Å². The number of aromatic nitrogens is 2. The second-order valence-electron chi connectivity index (χ2n) is 4.24. The van der Waals surface area contributed by atoms with Gasteiger partial charge < -0.3 is 14.6 Å². The van der Waals surface area contributed by atoms with Crippen molar-refractivity contribution in [3.05, 3.63) is 25.0 Å². The minimum Gasteiger partial charge on any atom is -0.374 e. The normalized spacial score (nSPS) is 11.4. The lowest BCUT2D eigenvalue weighted by atomic mass is 10.1. The topological polar surface area (TPSA) is 39.1 Å². The lowest BCUT2D eigenvalue weighted by molar-refractivity contribution is 0.000549. The van der Waals surface area contributed by atoms with Gasteiger partial charge in [-0.1, -0.05) is 6.08 Å². The number of rotatable bonds is 7. The van der Waals surface area contributed by atoms with Gasteiger partial charge in [0, 0.05) is 32.1 Å². The van der Waals surface area contributed by atoms with Gasteiger partial charge in [0.05, 0.1) is 5.60 Å². The van der Waals surface area contributed by atoms with E-state index < -0.39 is 0 Å². The highest BCUT2D eigenvalue weighted by atomic mass is 16.5. The van der Waals surface area contributed by atoms with Crippen molar-refractivity contribution in [2.24, 2.45) is 0 Å². The van der Waals surface area contributed by atoms with Crippen molar-refractivity contribution in [3.8, 4) is 0 Å². The Kier molecular flexibility index (Phi) is 4.55. The third-order valence-corrected chi connectivity index (χ3v) is 2.25. The van der Waals surface area contributed by atoms with E-state index in [2.05, 4.69) is 30.7 Å². The first kappa shape index (κ1) is 12.8. The van der Waals surface area contributed by atoms with Gasteiger partial charge in [0.2, 0.25) is 5.95 Å². The van der Waals surface area contributed by atoms with Crippen LogP contribution in [0, 0.1) is 0 Å². The fourth-order valence-corrected chi connectivity index (χ4v) is 1.50. The van der Waals surface area contributed by atoms with Gasteiger partial charge in [0.25, 0.3) is 0 Å². The quantitative estimate of drug-likeness (QED) is 0.721. The van der Waals surface area contributed by atoms with E-state index in [1.54, 1.807) is 6.20 Å². The standard InChI is InChI=1S/C12H21N3O/c1-5-8-15-9-7-13-11(15)14-10-12(3,4)16-6-2/h5,7,9H,1,6,8,10H2,2-4H3,(H,13,14). The van der Waals surface area contributed by atoms with E-state index in [1.807, 2.05) is 23.8 Å². The Morgan fingerprint density at radius 3 is 3.00 bits per heavy atom. The first-order valence-corrected chi connectivity index (χ1v) is 5.59. The second kappa shape index (κ2) is 5.70. The summed E-state index contributed by atoms with van der Waals surface area (Å²) in [6, 6.07) is 0. The maximum atomic E-state index is 5.61. The molecule has 0 unspecified atom stereocenters. The van der Waals surface area contributed by atoms with Gasteiger partial charge in [-0.2, -0.15) is 0 Å². The first-order valence-electron chi connectivity index (χ1n) is 5.59. The van der Waals surface area contributed by atoms with E-state index in [9.17, 15) is 0 Å². The molecular formula is C12H21N3O. The molecule has 0 aliphatic carbocycles. The maximum absolute atomic E-state index is 5.61. The molecule has 0 aromatic carbocycles. The zero-order valence-electron chi connectivity index (χ0n) is 10.4. The number of nitrogens with zero attached hydrogens (tertiary/aromatic N) is 2. The highest BCUT2D eigenvalue weighted by Gasteiger charge is 2.17. The molecule has 1 aromatic rings.